The Morgan fingerprint density at radius 2 is 2.08 bits per heavy atom. The highest BCUT2D eigenvalue weighted by atomic mass is 16.5. The van der Waals surface area contributed by atoms with E-state index in [2.05, 4.69) is 5.32 Å². The fraction of sp³-hybridized carbons (Fsp3) is 0.222. The highest BCUT2D eigenvalue weighted by Gasteiger charge is 1.95. The zero-order chi connectivity index (χ0) is 9.68. The van der Waals surface area contributed by atoms with Gasteiger partial charge >= 0.3 is 6.03 Å². The average Bonchev–Trinajstić information content (AvgIpc) is 2.15. The summed E-state index contributed by atoms with van der Waals surface area (Å²) in [6.07, 6.45) is 0. The van der Waals surface area contributed by atoms with Gasteiger partial charge in [0, 0.05) is 6.54 Å². The summed E-state index contributed by atoms with van der Waals surface area (Å²) in [5.41, 5.74) is 7.58. The van der Waals surface area contributed by atoms with Crippen molar-refractivity contribution >= 4 is 6.03 Å². The van der Waals surface area contributed by atoms with Gasteiger partial charge in [-0.25, -0.2) is 10.5 Å². The standard InChI is InChI=1S/C9H11N2O2/c1-13-8-4-2-7(3-5-8)6-11-9(10)12/h2-5,10H,6H2,1H3,(H,11,12). The van der Waals surface area contributed by atoms with Gasteiger partial charge in [0.2, 0.25) is 0 Å². The van der Waals surface area contributed by atoms with E-state index >= 15 is 0 Å². The van der Waals surface area contributed by atoms with E-state index in [1.807, 2.05) is 24.3 Å². The molecule has 2 amide bonds. The van der Waals surface area contributed by atoms with Crippen LogP contribution in [0.1, 0.15) is 5.56 Å². The first-order valence-corrected chi connectivity index (χ1v) is 3.84. The smallest absolute Gasteiger partial charge is 0.333 e. The van der Waals surface area contributed by atoms with Crippen LogP contribution < -0.4 is 15.8 Å². The van der Waals surface area contributed by atoms with Crippen LogP contribution in [0.2, 0.25) is 0 Å². The number of rotatable bonds is 3. The molecule has 69 valence electrons. The van der Waals surface area contributed by atoms with Crippen molar-refractivity contribution in [2.24, 2.45) is 0 Å². The maximum Gasteiger partial charge on any atom is 0.333 e. The molecule has 0 heterocycles. The number of nitrogens with one attached hydrogen (secondary N) is 2. The molecular formula is C9H11N2O2. The van der Waals surface area contributed by atoms with Crippen molar-refractivity contribution in [1.29, 1.82) is 0 Å². The van der Waals surface area contributed by atoms with Crippen molar-refractivity contribution in [3.8, 4) is 5.75 Å². The van der Waals surface area contributed by atoms with Gasteiger partial charge in [-0.3, -0.25) is 0 Å². The Morgan fingerprint density at radius 1 is 1.46 bits per heavy atom. The van der Waals surface area contributed by atoms with Gasteiger partial charge in [-0.05, 0) is 17.7 Å². The van der Waals surface area contributed by atoms with Gasteiger partial charge in [0.15, 0.2) is 0 Å². The molecule has 0 saturated carbocycles. The maximum absolute atomic E-state index is 10.3. The molecule has 4 nitrogen and oxygen atoms in total. The predicted molar refractivity (Wildman–Crippen MR) is 48.3 cm³/mol. The second kappa shape index (κ2) is 4.35. The molecule has 1 radical (unpaired) electrons. The molecule has 0 aliphatic carbocycles. The van der Waals surface area contributed by atoms with Gasteiger partial charge < -0.3 is 10.1 Å². The van der Waals surface area contributed by atoms with E-state index in [0.717, 1.165) is 11.3 Å². The zero-order valence-electron chi connectivity index (χ0n) is 7.33. The number of benzene rings is 1. The van der Waals surface area contributed by atoms with Gasteiger partial charge in [-0.2, -0.15) is 0 Å². The number of methoxy groups -OCH3 is 1. The summed E-state index contributed by atoms with van der Waals surface area (Å²) >= 11 is 0. The molecule has 1 rings (SSSR count). The molecule has 13 heavy (non-hydrogen) atoms. The van der Waals surface area contributed by atoms with Crippen LogP contribution in [-0.4, -0.2) is 13.1 Å². The van der Waals surface area contributed by atoms with Crippen molar-refractivity contribution in [3.63, 3.8) is 0 Å². The van der Waals surface area contributed by atoms with Crippen molar-refractivity contribution in [2.45, 2.75) is 6.54 Å². The number of urea groups is 1. The quantitative estimate of drug-likeness (QED) is 0.757. The molecule has 2 N–H and O–H groups in total. The van der Waals surface area contributed by atoms with Crippen LogP contribution in [0.5, 0.6) is 5.75 Å². The molecule has 0 bridgehead atoms. The normalized spacial score (nSPS) is 9.31. The van der Waals surface area contributed by atoms with Gasteiger partial charge in [-0.1, -0.05) is 12.1 Å². The second-order valence-corrected chi connectivity index (χ2v) is 2.53. The Labute approximate surface area is 76.7 Å². The molecule has 0 spiro atoms. The third-order valence-electron chi connectivity index (χ3n) is 1.61. The van der Waals surface area contributed by atoms with E-state index in [0.29, 0.717) is 6.54 Å². The summed E-state index contributed by atoms with van der Waals surface area (Å²) < 4.78 is 4.97. The minimum Gasteiger partial charge on any atom is -0.497 e. The second-order valence-electron chi connectivity index (χ2n) is 2.53. The van der Waals surface area contributed by atoms with Gasteiger partial charge in [0.1, 0.15) is 5.75 Å². The first kappa shape index (κ1) is 9.38. The molecule has 0 unspecified atom stereocenters. The summed E-state index contributed by atoms with van der Waals surface area (Å²) in [5, 5.41) is 2.39. The Balaban J connectivity index is 2.54. The molecule has 0 aromatic heterocycles. The molecule has 4 heteroatoms. The third kappa shape index (κ3) is 3.02. The molecule has 0 fully saturated rings. The van der Waals surface area contributed by atoms with E-state index in [9.17, 15) is 4.79 Å². The number of carbonyl (C=O) groups is 1. The highest BCUT2D eigenvalue weighted by molar-refractivity contribution is 5.70. The highest BCUT2D eigenvalue weighted by Crippen LogP contribution is 2.10. The molecule has 0 saturated heterocycles. The summed E-state index contributed by atoms with van der Waals surface area (Å²) in [5.74, 6) is 0.779. The van der Waals surface area contributed by atoms with Crippen LogP contribution in [-0.2, 0) is 6.54 Å². The molecular weight excluding hydrogens is 168 g/mol. The molecule has 0 aliphatic heterocycles. The van der Waals surface area contributed by atoms with Crippen LogP contribution in [0, 0.1) is 0 Å². The Bertz CT molecular complexity index is 282. The van der Waals surface area contributed by atoms with Crippen molar-refractivity contribution in [2.75, 3.05) is 7.11 Å². The topological polar surface area (TPSA) is 62.1 Å². The lowest BCUT2D eigenvalue weighted by Gasteiger charge is -2.02. The number of hydrogen-bond acceptors (Lipinski definition) is 2. The Kier molecular flexibility index (Phi) is 3.14. The summed E-state index contributed by atoms with van der Waals surface area (Å²) in [6.45, 7) is 0.381. The van der Waals surface area contributed by atoms with Crippen molar-refractivity contribution in [1.82, 2.24) is 11.1 Å². The van der Waals surface area contributed by atoms with Crippen LogP contribution in [0.3, 0.4) is 0 Å². The van der Waals surface area contributed by atoms with E-state index < -0.39 is 6.03 Å². The molecule has 1 aromatic carbocycles. The monoisotopic (exact) mass is 179 g/mol. The number of amides is 2. The van der Waals surface area contributed by atoms with E-state index in [4.69, 9.17) is 10.5 Å². The Morgan fingerprint density at radius 3 is 2.54 bits per heavy atom. The van der Waals surface area contributed by atoms with E-state index in [-0.39, 0.29) is 0 Å². The lowest BCUT2D eigenvalue weighted by molar-refractivity contribution is 0.247. The van der Waals surface area contributed by atoms with Gasteiger partial charge in [0.25, 0.3) is 0 Å². The minimum atomic E-state index is -0.768. The van der Waals surface area contributed by atoms with Crippen LogP contribution >= 0.6 is 0 Å². The lowest BCUT2D eigenvalue weighted by Crippen LogP contribution is -2.21. The first-order chi connectivity index (χ1) is 6.22. The van der Waals surface area contributed by atoms with Gasteiger partial charge in [0.05, 0.1) is 7.11 Å². The van der Waals surface area contributed by atoms with Crippen molar-refractivity contribution < 1.29 is 9.53 Å². The van der Waals surface area contributed by atoms with Gasteiger partial charge in [-0.15, -0.1) is 0 Å². The van der Waals surface area contributed by atoms with E-state index in [1.54, 1.807) is 7.11 Å². The number of carbonyl (C=O) groups excluding carboxylic acids is 1. The molecule has 0 atom stereocenters. The predicted octanol–water partition coefficient (Wildman–Crippen LogP) is 1.19. The molecule has 1 aromatic rings. The van der Waals surface area contributed by atoms with Crippen LogP contribution in [0.4, 0.5) is 4.79 Å². The van der Waals surface area contributed by atoms with E-state index in [1.165, 1.54) is 0 Å². The minimum absolute atomic E-state index is 0.381. The first-order valence-electron chi connectivity index (χ1n) is 3.84. The SMILES string of the molecule is COc1ccc(CNC([NH])=O)cc1. The summed E-state index contributed by atoms with van der Waals surface area (Å²) in [6, 6.07) is 6.54. The molecule has 0 aliphatic rings. The third-order valence-corrected chi connectivity index (χ3v) is 1.61. The van der Waals surface area contributed by atoms with Crippen LogP contribution in [0.15, 0.2) is 24.3 Å². The zero-order valence-corrected chi connectivity index (χ0v) is 7.33. The lowest BCUT2D eigenvalue weighted by atomic mass is 10.2. The average molecular weight is 179 g/mol. The maximum atomic E-state index is 10.3. The fourth-order valence-corrected chi connectivity index (χ4v) is 0.926. The summed E-state index contributed by atoms with van der Waals surface area (Å²) in [7, 11) is 1.60. The Hall–Kier alpha value is -1.71. The number of hydrogen-bond donors (Lipinski definition) is 1. The number of ether oxygens (including phenoxy) is 1. The van der Waals surface area contributed by atoms with Crippen LogP contribution in [0.25, 0.3) is 0 Å². The summed E-state index contributed by atoms with van der Waals surface area (Å²) in [4.78, 5) is 10.3. The largest absolute Gasteiger partial charge is 0.497 e. The fourth-order valence-electron chi connectivity index (χ4n) is 0.926. The van der Waals surface area contributed by atoms with Crippen molar-refractivity contribution in [3.05, 3.63) is 29.8 Å².